The van der Waals surface area contributed by atoms with Crippen LogP contribution in [-0.4, -0.2) is 0 Å². The molecule has 0 spiro atoms. The van der Waals surface area contributed by atoms with Gasteiger partial charge in [0.05, 0.1) is 0 Å². The standard InChI is InChI=1S/C10H13.C10H15.2ClH.Zr/c1-2-6-9(5-1)10-7-3-4-8-10;1-7-6-10(4,5)9(3)8(7)2;;;/h1,5,10H,2-4,7-8H2;1-5H3;2*1H;. The fraction of sp³-hybridized carbons (Fsp3) is 0.600. The van der Waals surface area contributed by atoms with E-state index in [-0.39, 0.29) is 24.8 Å². The van der Waals surface area contributed by atoms with Crippen molar-refractivity contribution in [1.82, 2.24) is 0 Å². The molecule has 3 heteroatoms. The molecule has 0 atom stereocenters. The molecule has 0 bridgehead atoms. The van der Waals surface area contributed by atoms with Crippen molar-refractivity contribution in [2.75, 3.05) is 0 Å². The van der Waals surface area contributed by atoms with Crippen LogP contribution in [0.15, 0.2) is 41.0 Å². The molecule has 1 saturated carbocycles. The molecular formula is C20H30Cl2Zr. The van der Waals surface area contributed by atoms with Gasteiger partial charge in [-0.2, -0.15) is 0 Å². The summed E-state index contributed by atoms with van der Waals surface area (Å²) >= 11 is -0.608. The Morgan fingerprint density at radius 1 is 1.00 bits per heavy atom. The van der Waals surface area contributed by atoms with Gasteiger partial charge in [-0.3, -0.25) is 0 Å². The van der Waals surface area contributed by atoms with Gasteiger partial charge in [0.15, 0.2) is 0 Å². The average molecular weight is 433 g/mol. The molecule has 0 amide bonds. The smallest absolute Gasteiger partial charge is 0.147 e. The third-order valence-corrected chi connectivity index (χ3v) is 11.1. The molecular weight excluding hydrogens is 402 g/mol. The number of hydrogen-bond donors (Lipinski definition) is 0. The van der Waals surface area contributed by atoms with E-state index >= 15 is 0 Å². The van der Waals surface area contributed by atoms with Crippen molar-refractivity contribution in [2.45, 2.75) is 66.7 Å². The molecule has 0 unspecified atom stereocenters. The molecule has 128 valence electrons. The molecule has 0 aromatic rings. The van der Waals surface area contributed by atoms with Crippen LogP contribution in [0.5, 0.6) is 0 Å². The van der Waals surface area contributed by atoms with Gasteiger partial charge in [-0.25, -0.2) is 0 Å². The van der Waals surface area contributed by atoms with Crippen LogP contribution in [0.25, 0.3) is 0 Å². The van der Waals surface area contributed by atoms with Crippen LogP contribution in [0.3, 0.4) is 0 Å². The van der Waals surface area contributed by atoms with Crippen molar-refractivity contribution in [2.24, 2.45) is 11.3 Å². The first-order chi connectivity index (χ1) is 9.93. The Balaban J connectivity index is 0.00000132. The fourth-order valence-corrected chi connectivity index (χ4v) is 8.75. The van der Waals surface area contributed by atoms with E-state index < -0.39 is 23.2 Å². The van der Waals surface area contributed by atoms with Crippen LogP contribution in [0, 0.1) is 11.3 Å². The largest absolute Gasteiger partial charge is 0.147 e. The zero-order valence-electron chi connectivity index (χ0n) is 15.1. The molecule has 0 aromatic carbocycles. The van der Waals surface area contributed by atoms with Crippen molar-refractivity contribution in [3.63, 3.8) is 0 Å². The molecule has 0 N–H and O–H groups in total. The summed E-state index contributed by atoms with van der Waals surface area (Å²) in [5, 5.41) is 0. The summed E-state index contributed by atoms with van der Waals surface area (Å²) in [6.07, 6.45) is 12.0. The van der Waals surface area contributed by atoms with Crippen LogP contribution in [-0.2, 0) is 23.2 Å². The van der Waals surface area contributed by atoms with Crippen LogP contribution < -0.4 is 0 Å². The van der Waals surface area contributed by atoms with E-state index in [1.807, 2.05) is 6.56 Å². The van der Waals surface area contributed by atoms with Crippen molar-refractivity contribution in [1.29, 1.82) is 0 Å². The maximum atomic E-state index is 2.48. The summed E-state index contributed by atoms with van der Waals surface area (Å²) in [5.41, 5.74) is 6.93. The van der Waals surface area contributed by atoms with E-state index in [4.69, 9.17) is 0 Å². The first-order valence-electron chi connectivity index (χ1n) is 8.49. The van der Waals surface area contributed by atoms with Gasteiger partial charge in [0.25, 0.3) is 0 Å². The second kappa shape index (κ2) is 8.20. The van der Waals surface area contributed by atoms with Gasteiger partial charge in [0.2, 0.25) is 0 Å². The first-order valence-corrected chi connectivity index (χ1v) is 10.9. The topological polar surface area (TPSA) is 0 Å². The average Bonchev–Trinajstić information content (AvgIpc) is 3.14. The molecule has 0 nitrogen and oxygen atoms in total. The van der Waals surface area contributed by atoms with E-state index in [0.717, 1.165) is 5.92 Å². The Morgan fingerprint density at radius 2 is 1.61 bits per heavy atom. The van der Waals surface area contributed by atoms with Crippen molar-refractivity contribution < 1.29 is 23.2 Å². The van der Waals surface area contributed by atoms with Crippen molar-refractivity contribution in [3.05, 3.63) is 41.0 Å². The fourth-order valence-electron chi connectivity index (χ4n) is 4.26. The molecule has 3 rings (SSSR count). The molecule has 23 heavy (non-hydrogen) atoms. The quantitative estimate of drug-likeness (QED) is 0.452. The number of halogens is 2. The van der Waals surface area contributed by atoms with E-state index in [1.54, 1.807) is 22.3 Å². The Kier molecular flexibility index (Phi) is 7.65. The van der Waals surface area contributed by atoms with Gasteiger partial charge in [-0.05, 0) is 0 Å². The van der Waals surface area contributed by atoms with Crippen molar-refractivity contribution in [3.8, 4) is 0 Å². The van der Waals surface area contributed by atoms with Gasteiger partial charge in [0.1, 0.15) is 0 Å². The first kappa shape index (κ1) is 21.5. The second-order valence-electron chi connectivity index (χ2n) is 7.52. The normalized spacial score (nSPS) is 23.5. The maximum Gasteiger partial charge on any atom is -0.147 e. The molecule has 0 radical (unpaired) electrons. The summed E-state index contributed by atoms with van der Waals surface area (Å²) in [7, 11) is 0. The van der Waals surface area contributed by atoms with Gasteiger partial charge in [-0.1, -0.05) is 0 Å². The SMILES string of the molecule is CC1=C(C)C(C)(C)[C]([Zr][C]2=C(C3CCCC3)C=CC2)=C1C.Cl.Cl. The van der Waals surface area contributed by atoms with Crippen LogP contribution in [0.1, 0.15) is 66.7 Å². The number of hydrogen-bond acceptors (Lipinski definition) is 0. The number of rotatable bonds is 3. The Labute approximate surface area is 166 Å². The van der Waals surface area contributed by atoms with Gasteiger partial charge < -0.3 is 0 Å². The van der Waals surface area contributed by atoms with Crippen LogP contribution in [0.4, 0.5) is 0 Å². The Bertz CT molecular complexity index is 585. The molecule has 3 aliphatic rings. The molecule has 0 heterocycles. The minimum Gasteiger partial charge on any atom is -0.147 e. The van der Waals surface area contributed by atoms with Gasteiger partial charge >= 0.3 is 142 Å². The van der Waals surface area contributed by atoms with E-state index in [9.17, 15) is 0 Å². The summed E-state index contributed by atoms with van der Waals surface area (Å²) in [5.74, 6) is 0.903. The van der Waals surface area contributed by atoms with Crippen LogP contribution >= 0.6 is 24.8 Å². The van der Waals surface area contributed by atoms with Crippen LogP contribution in [0.2, 0.25) is 0 Å². The maximum absolute atomic E-state index is 2.48. The van der Waals surface area contributed by atoms with Gasteiger partial charge in [-0.15, -0.1) is 24.8 Å². The van der Waals surface area contributed by atoms with E-state index in [0.29, 0.717) is 5.41 Å². The predicted octanol–water partition coefficient (Wildman–Crippen LogP) is 6.97. The number of allylic oxidation sites excluding steroid dienone is 8. The third-order valence-electron chi connectivity index (χ3n) is 6.10. The summed E-state index contributed by atoms with van der Waals surface area (Å²) in [4.78, 5) is 0. The molecule has 0 aliphatic heterocycles. The minimum atomic E-state index is -0.608. The Hall–Kier alpha value is 0.423. The molecule has 0 saturated heterocycles. The predicted molar refractivity (Wildman–Crippen MR) is 102 cm³/mol. The Morgan fingerprint density at radius 3 is 2.13 bits per heavy atom. The summed E-state index contributed by atoms with van der Waals surface area (Å²) in [6, 6.07) is 0. The zero-order chi connectivity index (χ0) is 15.2. The summed E-state index contributed by atoms with van der Waals surface area (Å²) in [6.45, 7) is 12.0. The molecule has 3 aliphatic carbocycles. The monoisotopic (exact) mass is 430 g/mol. The zero-order valence-corrected chi connectivity index (χ0v) is 19.2. The van der Waals surface area contributed by atoms with Crippen molar-refractivity contribution >= 4 is 24.8 Å². The summed E-state index contributed by atoms with van der Waals surface area (Å²) < 4.78 is 3.73. The molecule has 1 fully saturated rings. The molecule has 0 aromatic heterocycles. The van der Waals surface area contributed by atoms with E-state index in [2.05, 4.69) is 46.8 Å². The second-order valence-corrected chi connectivity index (χ2v) is 10.8. The van der Waals surface area contributed by atoms with Gasteiger partial charge in [0, 0.05) is 0 Å². The minimum absolute atomic E-state index is 0. The van der Waals surface area contributed by atoms with E-state index in [1.165, 1.54) is 32.1 Å². The third kappa shape index (κ3) is 3.83.